The van der Waals surface area contributed by atoms with Crippen LogP contribution in [0.15, 0.2) is 77.9 Å². The predicted octanol–water partition coefficient (Wildman–Crippen LogP) is 5.10. The van der Waals surface area contributed by atoms with Crippen molar-refractivity contribution in [3.63, 3.8) is 0 Å². The average Bonchev–Trinajstić information content (AvgIpc) is 3.26. The molecule has 5 heteroatoms. The van der Waals surface area contributed by atoms with Crippen molar-refractivity contribution >= 4 is 17.3 Å². The van der Waals surface area contributed by atoms with Crippen LogP contribution in [0.2, 0.25) is 0 Å². The molecule has 0 saturated carbocycles. The standard InChI is InChI=1S/C26H27N3O2/c1-18-8-7-11-23(19(18)2)27-17-26(30)29-25(21-12-14-22(31-3)15-13-21)16-24(28-29)20-9-5-4-6-10-20/h4-15,25,27H,16-17H2,1-3H3. The lowest BCUT2D eigenvalue weighted by molar-refractivity contribution is -0.131. The minimum Gasteiger partial charge on any atom is -0.497 e. The number of rotatable bonds is 6. The van der Waals surface area contributed by atoms with Crippen molar-refractivity contribution < 1.29 is 9.53 Å². The number of nitrogens with one attached hydrogen (secondary N) is 1. The van der Waals surface area contributed by atoms with Crippen LogP contribution in [-0.2, 0) is 4.79 Å². The Morgan fingerprint density at radius 3 is 2.48 bits per heavy atom. The van der Waals surface area contributed by atoms with Gasteiger partial charge in [0.15, 0.2) is 0 Å². The lowest BCUT2D eigenvalue weighted by Gasteiger charge is -2.23. The van der Waals surface area contributed by atoms with Gasteiger partial charge < -0.3 is 10.1 Å². The molecule has 0 saturated heterocycles. The fourth-order valence-corrected chi connectivity index (χ4v) is 3.83. The second kappa shape index (κ2) is 9.04. The summed E-state index contributed by atoms with van der Waals surface area (Å²) in [5.74, 6) is 0.730. The maximum Gasteiger partial charge on any atom is 0.262 e. The molecule has 0 aliphatic carbocycles. The van der Waals surface area contributed by atoms with Crippen LogP contribution in [0.25, 0.3) is 0 Å². The zero-order valence-electron chi connectivity index (χ0n) is 18.1. The number of benzene rings is 3. The summed E-state index contributed by atoms with van der Waals surface area (Å²) < 4.78 is 5.29. The number of aryl methyl sites for hydroxylation is 1. The van der Waals surface area contributed by atoms with Crippen molar-refractivity contribution in [2.75, 3.05) is 19.0 Å². The van der Waals surface area contributed by atoms with Gasteiger partial charge in [0.1, 0.15) is 5.75 Å². The Labute approximate surface area is 183 Å². The molecule has 158 valence electrons. The van der Waals surface area contributed by atoms with Crippen molar-refractivity contribution in [1.82, 2.24) is 5.01 Å². The van der Waals surface area contributed by atoms with Gasteiger partial charge in [0.25, 0.3) is 5.91 Å². The first-order chi connectivity index (χ1) is 15.1. The van der Waals surface area contributed by atoms with E-state index in [0.717, 1.165) is 33.8 Å². The zero-order chi connectivity index (χ0) is 21.8. The molecule has 1 unspecified atom stereocenters. The number of ether oxygens (including phenoxy) is 1. The van der Waals surface area contributed by atoms with E-state index in [2.05, 4.69) is 25.2 Å². The summed E-state index contributed by atoms with van der Waals surface area (Å²) in [6.07, 6.45) is 0.672. The summed E-state index contributed by atoms with van der Waals surface area (Å²) in [5.41, 5.74) is 6.31. The number of hydrogen-bond donors (Lipinski definition) is 1. The van der Waals surface area contributed by atoms with Crippen LogP contribution in [0.5, 0.6) is 5.75 Å². The number of hydrogen-bond acceptors (Lipinski definition) is 4. The quantitative estimate of drug-likeness (QED) is 0.612. The molecule has 1 N–H and O–H groups in total. The molecule has 3 aromatic rings. The van der Waals surface area contributed by atoms with Crippen LogP contribution in [0.3, 0.4) is 0 Å². The first-order valence-corrected chi connectivity index (χ1v) is 10.5. The molecule has 1 amide bonds. The molecular weight excluding hydrogens is 386 g/mol. The number of nitrogens with zero attached hydrogens (tertiary/aromatic N) is 2. The molecule has 1 aliphatic heterocycles. The van der Waals surface area contributed by atoms with Gasteiger partial charge in [-0.2, -0.15) is 5.10 Å². The van der Waals surface area contributed by atoms with Gasteiger partial charge >= 0.3 is 0 Å². The minimum atomic E-state index is -0.144. The topological polar surface area (TPSA) is 53.9 Å². The Kier molecular flexibility index (Phi) is 6.03. The van der Waals surface area contributed by atoms with E-state index in [0.29, 0.717) is 6.42 Å². The molecule has 1 heterocycles. The monoisotopic (exact) mass is 413 g/mol. The molecule has 0 bridgehead atoms. The van der Waals surface area contributed by atoms with Gasteiger partial charge in [-0.3, -0.25) is 4.79 Å². The lowest BCUT2D eigenvalue weighted by Crippen LogP contribution is -2.32. The Hall–Kier alpha value is -3.60. The summed E-state index contributed by atoms with van der Waals surface area (Å²) in [5, 5.41) is 9.66. The second-order valence-corrected chi connectivity index (χ2v) is 7.75. The first kappa shape index (κ1) is 20.7. The summed E-state index contributed by atoms with van der Waals surface area (Å²) in [7, 11) is 1.65. The molecular formula is C26H27N3O2. The summed E-state index contributed by atoms with van der Waals surface area (Å²) >= 11 is 0. The highest BCUT2D eigenvalue weighted by atomic mass is 16.5. The molecule has 0 radical (unpaired) electrons. The molecule has 0 spiro atoms. The SMILES string of the molecule is COc1ccc(C2CC(c3ccccc3)=NN2C(=O)CNc2cccc(C)c2C)cc1. The maximum atomic E-state index is 13.2. The highest BCUT2D eigenvalue weighted by molar-refractivity contribution is 6.03. The number of carbonyl (C=O) groups is 1. The zero-order valence-corrected chi connectivity index (χ0v) is 18.1. The van der Waals surface area contributed by atoms with E-state index in [1.807, 2.05) is 66.7 Å². The van der Waals surface area contributed by atoms with E-state index in [-0.39, 0.29) is 18.5 Å². The van der Waals surface area contributed by atoms with Crippen molar-refractivity contribution in [3.8, 4) is 5.75 Å². The molecule has 1 aliphatic rings. The predicted molar refractivity (Wildman–Crippen MR) is 125 cm³/mol. The first-order valence-electron chi connectivity index (χ1n) is 10.5. The summed E-state index contributed by atoms with van der Waals surface area (Å²) in [6, 6.07) is 23.8. The van der Waals surface area contributed by atoms with Crippen LogP contribution >= 0.6 is 0 Å². The normalized spacial score (nSPS) is 15.5. The van der Waals surface area contributed by atoms with E-state index >= 15 is 0 Å². The van der Waals surface area contributed by atoms with E-state index in [4.69, 9.17) is 9.84 Å². The van der Waals surface area contributed by atoms with Crippen LogP contribution in [0.4, 0.5) is 5.69 Å². The Morgan fingerprint density at radius 2 is 1.77 bits per heavy atom. The summed E-state index contributed by atoms with van der Waals surface area (Å²) in [4.78, 5) is 13.2. The Morgan fingerprint density at radius 1 is 1.03 bits per heavy atom. The maximum absolute atomic E-state index is 13.2. The molecule has 31 heavy (non-hydrogen) atoms. The van der Waals surface area contributed by atoms with E-state index < -0.39 is 0 Å². The van der Waals surface area contributed by atoms with Gasteiger partial charge in [0, 0.05) is 12.1 Å². The Balaban J connectivity index is 1.58. The van der Waals surface area contributed by atoms with Gasteiger partial charge in [-0.1, -0.05) is 54.6 Å². The second-order valence-electron chi connectivity index (χ2n) is 7.75. The third-order valence-electron chi connectivity index (χ3n) is 5.81. The van der Waals surface area contributed by atoms with E-state index in [9.17, 15) is 4.79 Å². The summed E-state index contributed by atoms with van der Waals surface area (Å²) in [6.45, 7) is 4.31. The van der Waals surface area contributed by atoms with Gasteiger partial charge in [-0.05, 0) is 54.3 Å². The van der Waals surface area contributed by atoms with E-state index in [1.54, 1.807) is 12.1 Å². The van der Waals surface area contributed by atoms with Crippen molar-refractivity contribution in [2.45, 2.75) is 26.3 Å². The minimum absolute atomic E-state index is 0.0624. The fraction of sp³-hybridized carbons (Fsp3) is 0.231. The van der Waals surface area contributed by atoms with Crippen molar-refractivity contribution in [1.29, 1.82) is 0 Å². The van der Waals surface area contributed by atoms with Gasteiger partial charge in [-0.25, -0.2) is 5.01 Å². The number of hydrazone groups is 1. The van der Waals surface area contributed by atoms with Crippen molar-refractivity contribution in [3.05, 3.63) is 95.1 Å². The fourth-order valence-electron chi connectivity index (χ4n) is 3.83. The van der Waals surface area contributed by atoms with Crippen LogP contribution < -0.4 is 10.1 Å². The highest BCUT2D eigenvalue weighted by Crippen LogP contribution is 2.33. The third kappa shape index (κ3) is 4.45. The van der Waals surface area contributed by atoms with Crippen molar-refractivity contribution in [2.24, 2.45) is 5.10 Å². The largest absolute Gasteiger partial charge is 0.497 e. The van der Waals surface area contributed by atoms with Gasteiger partial charge in [-0.15, -0.1) is 0 Å². The van der Waals surface area contributed by atoms with E-state index in [1.165, 1.54) is 5.56 Å². The third-order valence-corrected chi connectivity index (χ3v) is 5.81. The van der Waals surface area contributed by atoms with Crippen LogP contribution in [0, 0.1) is 13.8 Å². The van der Waals surface area contributed by atoms with Gasteiger partial charge in [0.2, 0.25) is 0 Å². The molecule has 1 atom stereocenters. The average molecular weight is 414 g/mol. The number of amides is 1. The Bertz CT molecular complexity index is 1090. The number of methoxy groups -OCH3 is 1. The molecule has 3 aromatic carbocycles. The number of carbonyl (C=O) groups excluding carboxylic acids is 1. The molecule has 0 aromatic heterocycles. The molecule has 4 rings (SSSR count). The number of anilines is 1. The lowest BCUT2D eigenvalue weighted by atomic mass is 9.98. The van der Waals surface area contributed by atoms with Gasteiger partial charge in [0.05, 0.1) is 25.4 Å². The van der Waals surface area contributed by atoms with Crippen LogP contribution in [0.1, 0.15) is 34.7 Å². The van der Waals surface area contributed by atoms with Crippen LogP contribution in [-0.4, -0.2) is 30.3 Å². The molecule has 0 fully saturated rings. The highest BCUT2D eigenvalue weighted by Gasteiger charge is 2.32. The smallest absolute Gasteiger partial charge is 0.262 e. The molecule has 5 nitrogen and oxygen atoms in total.